The van der Waals surface area contributed by atoms with Crippen molar-refractivity contribution in [3.05, 3.63) is 64.1 Å². The number of carbonyl (C=O) groups excluding carboxylic acids is 2. The zero-order valence-corrected chi connectivity index (χ0v) is 16.9. The lowest BCUT2D eigenvalue weighted by atomic mass is 9.83. The molecule has 0 radical (unpaired) electrons. The molecule has 29 heavy (non-hydrogen) atoms. The van der Waals surface area contributed by atoms with Crippen molar-refractivity contribution in [3.8, 4) is 0 Å². The number of quaternary nitrogens is 1. The van der Waals surface area contributed by atoms with E-state index in [1.54, 1.807) is 10.6 Å². The molecule has 2 aromatic rings. The molecule has 2 aliphatic rings. The lowest BCUT2D eigenvalue weighted by Crippen LogP contribution is -3.06. The molecular formula is C22H27N4O3+. The second kappa shape index (κ2) is 7.83. The summed E-state index contributed by atoms with van der Waals surface area (Å²) in [4.78, 5) is 40.8. The summed E-state index contributed by atoms with van der Waals surface area (Å²) in [5.74, 6) is 0.257. The first-order valence-electron chi connectivity index (χ1n) is 10.1. The van der Waals surface area contributed by atoms with Crippen molar-refractivity contribution < 1.29 is 14.5 Å². The van der Waals surface area contributed by atoms with Gasteiger partial charge in [-0.3, -0.25) is 14.4 Å². The van der Waals surface area contributed by atoms with E-state index in [1.165, 1.54) is 0 Å². The van der Waals surface area contributed by atoms with E-state index in [-0.39, 0.29) is 29.2 Å². The molecule has 1 saturated heterocycles. The number of hydrogen-bond acceptors (Lipinski definition) is 3. The number of pyridine rings is 1. The number of hydrogen-bond donors (Lipinski definition) is 2. The number of piperidine rings is 1. The van der Waals surface area contributed by atoms with E-state index in [2.05, 4.69) is 5.32 Å². The first-order valence-corrected chi connectivity index (χ1v) is 10.1. The predicted octanol–water partition coefficient (Wildman–Crippen LogP) is 0.191. The number of carbonyl (C=O) groups is 2. The van der Waals surface area contributed by atoms with Crippen LogP contribution in [0.1, 0.15) is 28.4 Å². The number of fused-ring (bicyclic) bond motifs is 4. The van der Waals surface area contributed by atoms with Crippen molar-refractivity contribution in [2.45, 2.75) is 18.9 Å². The van der Waals surface area contributed by atoms with Crippen LogP contribution in [0.15, 0.2) is 47.3 Å². The van der Waals surface area contributed by atoms with E-state index in [4.69, 9.17) is 0 Å². The average molecular weight is 395 g/mol. The third kappa shape index (κ3) is 3.96. The average Bonchev–Trinajstić information content (AvgIpc) is 2.70. The number of benzene rings is 1. The molecule has 1 aromatic carbocycles. The van der Waals surface area contributed by atoms with Crippen molar-refractivity contribution >= 4 is 17.5 Å². The third-order valence-corrected chi connectivity index (χ3v) is 5.70. The number of amides is 2. The van der Waals surface area contributed by atoms with E-state index in [9.17, 15) is 14.4 Å². The molecule has 7 heteroatoms. The molecule has 2 N–H and O–H groups in total. The van der Waals surface area contributed by atoms with Crippen LogP contribution in [0, 0.1) is 5.92 Å². The molecule has 0 saturated carbocycles. The molecule has 4 rings (SSSR count). The normalized spacial score (nSPS) is 20.3. The van der Waals surface area contributed by atoms with Crippen molar-refractivity contribution in [2.24, 2.45) is 5.92 Å². The van der Waals surface area contributed by atoms with Crippen LogP contribution in [0.2, 0.25) is 0 Å². The molecule has 3 heterocycles. The Labute approximate surface area is 169 Å². The SMILES string of the molecule is C[NH+](C)CC(=O)Nc1ccc2n(c1=O)C[C@H]1C[C@@H]2CN(C(=O)c2ccccc2)C1. The summed E-state index contributed by atoms with van der Waals surface area (Å²) in [6, 6.07) is 13.0. The minimum Gasteiger partial charge on any atom is -0.338 e. The largest absolute Gasteiger partial charge is 0.338 e. The first-order chi connectivity index (χ1) is 13.9. The Morgan fingerprint density at radius 1 is 1.07 bits per heavy atom. The van der Waals surface area contributed by atoms with Crippen LogP contribution in [0.25, 0.3) is 0 Å². The van der Waals surface area contributed by atoms with E-state index in [0.29, 0.717) is 37.4 Å². The molecule has 0 spiro atoms. The Bertz CT molecular complexity index is 983. The van der Waals surface area contributed by atoms with Crippen LogP contribution < -0.4 is 15.8 Å². The minimum atomic E-state index is -0.168. The highest BCUT2D eigenvalue weighted by Gasteiger charge is 2.37. The van der Waals surface area contributed by atoms with Gasteiger partial charge in [-0.15, -0.1) is 0 Å². The summed E-state index contributed by atoms with van der Waals surface area (Å²) in [7, 11) is 3.78. The first kappa shape index (κ1) is 19.4. The van der Waals surface area contributed by atoms with Crippen LogP contribution >= 0.6 is 0 Å². The number of rotatable bonds is 4. The Balaban J connectivity index is 1.55. The highest BCUT2D eigenvalue weighted by molar-refractivity contribution is 5.94. The molecular weight excluding hydrogens is 368 g/mol. The molecule has 1 aromatic heterocycles. The fraction of sp³-hybridized carbons (Fsp3) is 0.409. The summed E-state index contributed by atoms with van der Waals surface area (Å²) >= 11 is 0. The number of anilines is 1. The van der Waals surface area contributed by atoms with E-state index in [0.717, 1.165) is 17.0 Å². The highest BCUT2D eigenvalue weighted by Crippen LogP contribution is 2.35. The van der Waals surface area contributed by atoms with Crippen LogP contribution in [0.5, 0.6) is 0 Å². The van der Waals surface area contributed by atoms with E-state index in [1.807, 2.05) is 55.4 Å². The molecule has 0 aliphatic carbocycles. The second-order valence-electron chi connectivity index (χ2n) is 8.39. The van der Waals surface area contributed by atoms with E-state index >= 15 is 0 Å². The Morgan fingerprint density at radius 2 is 1.83 bits per heavy atom. The van der Waals surface area contributed by atoms with Gasteiger partial charge in [-0.1, -0.05) is 18.2 Å². The van der Waals surface area contributed by atoms with Crippen LogP contribution in [0.3, 0.4) is 0 Å². The molecule has 152 valence electrons. The molecule has 2 amide bonds. The van der Waals surface area contributed by atoms with Gasteiger partial charge in [0.25, 0.3) is 17.4 Å². The van der Waals surface area contributed by atoms with Gasteiger partial charge in [0, 0.05) is 36.8 Å². The standard InChI is InChI=1S/C22H26N4O3/c1-24(2)14-20(27)23-18-8-9-19-17-10-15(12-26(19)22(18)29)11-25(13-17)21(28)16-6-4-3-5-7-16/h3-9,15,17H,10-14H2,1-2H3,(H,23,27)/p+1/t15-,17+/m0/s1. The fourth-order valence-corrected chi connectivity index (χ4v) is 4.49. The van der Waals surface area contributed by atoms with Crippen molar-refractivity contribution in [1.82, 2.24) is 9.47 Å². The van der Waals surface area contributed by atoms with Gasteiger partial charge in [-0.05, 0) is 36.6 Å². The third-order valence-electron chi connectivity index (χ3n) is 5.70. The molecule has 1 fully saturated rings. The molecule has 2 bridgehead atoms. The summed E-state index contributed by atoms with van der Waals surface area (Å²) in [5, 5.41) is 2.75. The maximum absolute atomic E-state index is 13.0. The topological polar surface area (TPSA) is 75.8 Å². The Kier molecular flexibility index (Phi) is 5.24. The quantitative estimate of drug-likeness (QED) is 0.776. The number of nitrogens with one attached hydrogen (secondary N) is 2. The molecule has 0 unspecified atom stereocenters. The van der Waals surface area contributed by atoms with Gasteiger partial charge in [0.1, 0.15) is 5.69 Å². The lowest BCUT2D eigenvalue weighted by molar-refractivity contribution is -0.849. The summed E-state index contributed by atoms with van der Waals surface area (Å²) in [6.07, 6.45) is 0.980. The molecule has 2 atom stereocenters. The smallest absolute Gasteiger partial charge is 0.279 e. The zero-order valence-electron chi connectivity index (χ0n) is 16.9. The van der Waals surface area contributed by atoms with Crippen molar-refractivity contribution in [3.63, 3.8) is 0 Å². The molecule has 7 nitrogen and oxygen atoms in total. The fourth-order valence-electron chi connectivity index (χ4n) is 4.49. The zero-order chi connectivity index (χ0) is 20.5. The highest BCUT2D eigenvalue weighted by atomic mass is 16.2. The maximum atomic E-state index is 13.0. The minimum absolute atomic E-state index is 0.0474. The van der Waals surface area contributed by atoms with Gasteiger partial charge in [0.05, 0.1) is 14.1 Å². The van der Waals surface area contributed by atoms with Gasteiger partial charge < -0.3 is 19.7 Å². The maximum Gasteiger partial charge on any atom is 0.279 e. The summed E-state index contributed by atoms with van der Waals surface area (Å²) in [5.41, 5.74) is 1.83. The van der Waals surface area contributed by atoms with Crippen molar-refractivity contribution in [1.29, 1.82) is 0 Å². The van der Waals surface area contributed by atoms with Crippen LogP contribution in [-0.2, 0) is 11.3 Å². The van der Waals surface area contributed by atoms with Gasteiger partial charge in [-0.2, -0.15) is 0 Å². The number of aromatic nitrogens is 1. The second-order valence-corrected chi connectivity index (χ2v) is 8.39. The van der Waals surface area contributed by atoms with Gasteiger partial charge in [-0.25, -0.2) is 0 Å². The summed E-state index contributed by atoms with van der Waals surface area (Å²) < 4.78 is 1.79. The van der Waals surface area contributed by atoms with Gasteiger partial charge in [0.2, 0.25) is 0 Å². The van der Waals surface area contributed by atoms with Gasteiger partial charge in [0.15, 0.2) is 6.54 Å². The van der Waals surface area contributed by atoms with Crippen LogP contribution in [0.4, 0.5) is 5.69 Å². The van der Waals surface area contributed by atoms with E-state index < -0.39 is 0 Å². The summed E-state index contributed by atoms with van der Waals surface area (Å²) in [6.45, 7) is 2.14. The number of likely N-dealkylation sites (N-methyl/N-ethyl adjacent to an activating group) is 1. The Hall–Kier alpha value is -2.93. The van der Waals surface area contributed by atoms with Crippen molar-refractivity contribution in [2.75, 3.05) is 39.0 Å². The number of nitrogens with zero attached hydrogens (tertiary/aromatic N) is 2. The predicted molar refractivity (Wildman–Crippen MR) is 110 cm³/mol. The van der Waals surface area contributed by atoms with Gasteiger partial charge >= 0.3 is 0 Å². The number of likely N-dealkylation sites (tertiary alicyclic amines) is 1. The molecule has 2 aliphatic heterocycles. The Morgan fingerprint density at radius 3 is 2.55 bits per heavy atom. The lowest BCUT2D eigenvalue weighted by Gasteiger charge is -2.43. The monoisotopic (exact) mass is 395 g/mol. The van der Waals surface area contributed by atoms with Crippen LogP contribution in [-0.4, -0.2) is 55.0 Å².